The molecule has 0 spiro atoms. The molecule has 0 atom stereocenters. The highest BCUT2D eigenvalue weighted by molar-refractivity contribution is 5.81. The third kappa shape index (κ3) is 3.54. The van der Waals surface area contributed by atoms with Gasteiger partial charge in [-0.25, -0.2) is 4.98 Å². The van der Waals surface area contributed by atoms with Crippen LogP contribution in [-0.2, 0) is 19.0 Å². The van der Waals surface area contributed by atoms with Crippen LogP contribution < -0.4 is 0 Å². The van der Waals surface area contributed by atoms with Crippen LogP contribution in [0, 0.1) is 0 Å². The first-order valence-corrected chi connectivity index (χ1v) is 8.55. The Morgan fingerprint density at radius 3 is 2.13 bits per heavy atom. The van der Waals surface area contributed by atoms with Gasteiger partial charge in [0.25, 0.3) is 0 Å². The molecular formula is C20H12F6N2O2. The van der Waals surface area contributed by atoms with Crippen molar-refractivity contribution >= 4 is 5.52 Å². The number of aliphatic hydroxyl groups is 1. The maximum Gasteiger partial charge on any atom is 0.416 e. The number of benzene rings is 1. The van der Waals surface area contributed by atoms with E-state index in [9.17, 15) is 31.4 Å². The zero-order valence-corrected chi connectivity index (χ0v) is 14.9. The van der Waals surface area contributed by atoms with Gasteiger partial charge in [0, 0.05) is 11.8 Å². The van der Waals surface area contributed by atoms with Crippen molar-refractivity contribution in [2.75, 3.05) is 0 Å². The molecule has 0 unspecified atom stereocenters. The monoisotopic (exact) mass is 426 g/mol. The first kappa shape index (κ1) is 20.0. The molecule has 1 N–H and O–H groups in total. The summed E-state index contributed by atoms with van der Waals surface area (Å²) in [6.45, 7) is -0.376. The summed E-state index contributed by atoms with van der Waals surface area (Å²) in [6, 6.07) is 9.08. The number of imidazole rings is 1. The Balaban J connectivity index is 1.98. The molecule has 3 heterocycles. The molecular weight excluding hydrogens is 414 g/mol. The fourth-order valence-corrected chi connectivity index (χ4v) is 3.10. The Labute approximate surface area is 165 Å². The van der Waals surface area contributed by atoms with Gasteiger partial charge in [-0.05, 0) is 42.5 Å². The number of pyridine rings is 1. The van der Waals surface area contributed by atoms with Crippen LogP contribution in [0.3, 0.4) is 0 Å². The summed E-state index contributed by atoms with van der Waals surface area (Å²) in [5.74, 6) is 0.610. The third-order valence-electron chi connectivity index (χ3n) is 4.45. The van der Waals surface area contributed by atoms with Crippen molar-refractivity contribution in [2.24, 2.45) is 0 Å². The summed E-state index contributed by atoms with van der Waals surface area (Å²) in [4.78, 5) is 4.28. The van der Waals surface area contributed by atoms with Crippen molar-refractivity contribution in [1.29, 1.82) is 0 Å². The highest BCUT2D eigenvalue weighted by Gasteiger charge is 2.37. The number of hydrogen-bond donors (Lipinski definition) is 1. The van der Waals surface area contributed by atoms with E-state index in [1.165, 1.54) is 22.6 Å². The SMILES string of the molecule is OCc1ccc(-c2nc(-c3cc(C(F)(F)F)cc(C(F)(F)F)c3)c3ccccn23)o1. The molecule has 4 rings (SSSR count). The minimum Gasteiger partial charge on any atom is -0.455 e. The smallest absolute Gasteiger partial charge is 0.416 e. The fraction of sp³-hybridized carbons (Fsp3) is 0.150. The van der Waals surface area contributed by atoms with Crippen molar-refractivity contribution in [2.45, 2.75) is 19.0 Å². The maximum atomic E-state index is 13.2. The van der Waals surface area contributed by atoms with Crippen LogP contribution in [0.1, 0.15) is 16.9 Å². The van der Waals surface area contributed by atoms with Crippen molar-refractivity contribution in [1.82, 2.24) is 9.38 Å². The second kappa shape index (κ2) is 6.91. The number of hydrogen-bond acceptors (Lipinski definition) is 3. The summed E-state index contributed by atoms with van der Waals surface area (Å²) in [7, 11) is 0. The van der Waals surface area contributed by atoms with Gasteiger partial charge in [-0.2, -0.15) is 26.3 Å². The molecule has 156 valence electrons. The van der Waals surface area contributed by atoms with Crippen LogP contribution in [0.5, 0.6) is 0 Å². The van der Waals surface area contributed by atoms with Crippen LogP contribution in [0.15, 0.2) is 59.1 Å². The minimum absolute atomic E-state index is 0.0656. The van der Waals surface area contributed by atoms with Crippen LogP contribution >= 0.6 is 0 Å². The lowest BCUT2D eigenvalue weighted by Crippen LogP contribution is -2.11. The number of rotatable bonds is 3. The van der Waals surface area contributed by atoms with E-state index in [2.05, 4.69) is 4.98 Å². The van der Waals surface area contributed by atoms with Gasteiger partial charge >= 0.3 is 12.4 Å². The second-order valence-corrected chi connectivity index (χ2v) is 6.46. The van der Waals surface area contributed by atoms with E-state index in [1.54, 1.807) is 18.3 Å². The molecule has 30 heavy (non-hydrogen) atoms. The molecule has 1 aromatic carbocycles. The average Bonchev–Trinajstić information content (AvgIpc) is 3.31. The molecule has 0 radical (unpaired) electrons. The first-order chi connectivity index (χ1) is 14.1. The Kier molecular flexibility index (Phi) is 4.61. The Morgan fingerprint density at radius 1 is 0.900 bits per heavy atom. The predicted molar refractivity (Wildman–Crippen MR) is 94.3 cm³/mol. The number of aliphatic hydroxyl groups excluding tert-OH is 1. The van der Waals surface area contributed by atoms with Crippen LogP contribution in [0.2, 0.25) is 0 Å². The lowest BCUT2D eigenvalue weighted by molar-refractivity contribution is -0.143. The molecule has 0 aliphatic rings. The number of aromatic nitrogens is 2. The topological polar surface area (TPSA) is 50.7 Å². The van der Waals surface area contributed by atoms with Gasteiger partial charge in [0.2, 0.25) is 0 Å². The van der Waals surface area contributed by atoms with Crippen LogP contribution in [0.25, 0.3) is 28.4 Å². The molecule has 0 fully saturated rings. The fourth-order valence-electron chi connectivity index (χ4n) is 3.10. The number of furan rings is 1. The van der Waals surface area contributed by atoms with Crippen molar-refractivity contribution in [3.63, 3.8) is 0 Å². The van der Waals surface area contributed by atoms with Crippen LogP contribution in [-0.4, -0.2) is 14.5 Å². The molecule has 4 nitrogen and oxygen atoms in total. The quantitative estimate of drug-likeness (QED) is 0.422. The zero-order chi connectivity index (χ0) is 21.7. The van der Waals surface area contributed by atoms with Crippen molar-refractivity contribution < 1.29 is 35.9 Å². The van der Waals surface area contributed by atoms with Crippen LogP contribution in [0.4, 0.5) is 26.3 Å². The maximum absolute atomic E-state index is 13.2. The lowest BCUT2D eigenvalue weighted by atomic mass is 10.0. The van der Waals surface area contributed by atoms with Crippen molar-refractivity contribution in [3.8, 4) is 22.8 Å². The minimum atomic E-state index is -4.97. The second-order valence-electron chi connectivity index (χ2n) is 6.46. The van der Waals surface area contributed by atoms with Gasteiger partial charge in [-0.3, -0.25) is 4.40 Å². The van der Waals surface area contributed by atoms with E-state index < -0.39 is 23.5 Å². The van der Waals surface area contributed by atoms with Gasteiger partial charge in [-0.1, -0.05) is 6.07 Å². The molecule has 0 aliphatic heterocycles. The number of nitrogens with zero attached hydrogens (tertiary/aromatic N) is 2. The number of halogens is 6. The largest absolute Gasteiger partial charge is 0.455 e. The lowest BCUT2D eigenvalue weighted by Gasteiger charge is -2.13. The summed E-state index contributed by atoms with van der Waals surface area (Å²) in [6.07, 6.45) is -8.38. The molecule has 3 aromatic heterocycles. The highest BCUT2D eigenvalue weighted by Crippen LogP contribution is 2.40. The van der Waals surface area contributed by atoms with Gasteiger partial charge < -0.3 is 9.52 Å². The van der Waals surface area contributed by atoms with Crippen molar-refractivity contribution in [3.05, 3.63) is 71.6 Å². The summed E-state index contributed by atoms with van der Waals surface area (Å²) >= 11 is 0. The molecule has 0 saturated heterocycles. The summed E-state index contributed by atoms with van der Waals surface area (Å²) in [5.41, 5.74) is -2.95. The van der Waals surface area contributed by atoms with E-state index in [0.717, 1.165) is 0 Å². The van der Waals surface area contributed by atoms with E-state index in [0.29, 0.717) is 17.6 Å². The molecule has 0 amide bonds. The van der Waals surface area contributed by atoms with E-state index >= 15 is 0 Å². The normalized spacial score (nSPS) is 12.6. The molecule has 4 aromatic rings. The summed E-state index contributed by atoms with van der Waals surface area (Å²) < 4.78 is 86.4. The molecule has 0 bridgehead atoms. The summed E-state index contributed by atoms with van der Waals surface area (Å²) in [5, 5.41) is 9.17. The standard InChI is InChI=1S/C20H12F6N2O2/c21-19(22,23)12-7-11(8-13(9-12)20(24,25)26)17-15-3-1-2-6-28(15)18(27-17)16-5-4-14(10-29)30-16/h1-9,29H,10H2. The number of alkyl halides is 6. The average molecular weight is 426 g/mol. The van der Waals surface area contributed by atoms with Gasteiger partial charge in [0.15, 0.2) is 11.6 Å². The van der Waals surface area contributed by atoms with Gasteiger partial charge in [0.05, 0.1) is 22.3 Å². The molecule has 0 saturated carbocycles. The van der Waals surface area contributed by atoms with E-state index in [4.69, 9.17) is 4.42 Å². The Morgan fingerprint density at radius 2 is 1.57 bits per heavy atom. The zero-order valence-electron chi connectivity index (χ0n) is 14.9. The number of fused-ring (bicyclic) bond motifs is 1. The molecule has 10 heteroatoms. The molecule has 0 aliphatic carbocycles. The highest BCUT2D eigenvalue weighted by atomic mass is 19.4. The third-order valence-corrected chi connectivity index (χ3v) is 4.45. The Hall–Kier alpha value is -3.27. The Bertz CT molecular complexity index is 1190. The van der Waals surface area contributed by atoms with E-state index in [1.807, 2.05) is 0 Å². The van der Waals surface area contributed by atoms with Gasteiger partial charge in [-0.15, -0.1) is 0 Å². The predicted octanol–water partition coefficient (Wildman–Crippen LogP) is 5.79. The van der Waals surface area contributed by atoms with Gasteiger partial charge in [0.1, 0.15) is 12.4 Å². The first-order valence-electron chi connectivity index (χ1n) is 8.55. The van der Waals surface area contributed by atoms with E-state index in [-0.39, 0.29) is 41.3 Å².